The average molecular weight is 331 g/mol. The molecule has 2 N–H and O–H groups in total. The van der Waals surface area contributed by atoms with Gasteiger partial charge in [0, 0.05) is 6.07 Å². The molecule has 19 heavy (non-hydrogen) atoms. The van der Waals surface area contributed by atoms with Crippen molar-refractivity contribution in [3.05, 3.63) is 38.3 Å². The van der Waals surface area contributed by atoms with E-state index < -0.39 is 16.9 Å². The van der Waals surface area contributed by atoms with Crippen molar-refractivity contribution in [1.29, 1.82) is 0 Å². The highest BCUT2D eigenvalue weighted by Crippen LogP contribution is 2.28. The molecule has 0 bridgehead atoms. The van der Waals surface area contributed by atoms with Crippen LogP contribution in [0, 0.1) is 16.0 Å². The summed E-state index contributed by atoms with van der Waals surface area (Å²) in [6.45, 7) is 3.54. The lowest BCUT2D eigenvalue weighted by atomic mass is 10.0. The van der Waals surface area contributed by atoms with Crippen LogP contribution in [-0.4, -0.2) is 28.6 Å². The number of carbonyl (C=O) groups excluding carboxylic acids is 1. The third kappa shape index (κ3) is 3.74. The Kier molecular flexibility index (Phi) is 5.44. The van der Waals surface area contributed by atoms with Crippen molar-refractivity contribution in [3.8, 4) is 0 Å². The van der Waals surface area contributed by atoms with Gasteiger partial charge in [0.05, 0.1) is 23.1 Å². The molecule has 0 fully saturated rings. The van der Waals surface area contributed by atoms with Gasteiger partial charge in [-0.2, -0.15) is 0 Å². The highest BCUT2D eigenvalue weighted by Gasteiger charge is 2.22. The molecule has 0 aromatic heterocycles. The second-order valence-electron chi connectivity index (χ2n) is 4.40. The Labute approximate surface area is 119 Å². The van der Waals surface area contributed by atoms with Crippen LogP contribution in [0.25, 0.3) is 0 Å². The van der Waals surface area contributed by atoms with Crippen LogP contribution in [0.1, 0.15) is 24.2 Å². The van der Waals surface area contributed by atoms with Gasteiger partial charge in [-0.05, 0) is 27.9 Å². The number of hydrogen-bond donors (Lipinski definition) is 2. The van der Waals surface area contributed by atoms with Gasteiger partial charge in [0.15, 0.2) is 0 Å². The van der Waals surface area contributed by atoms with E-state index in [0.717, 1.165) is 0 Å². The van der Waals surface area contributed by atoms with Crippen LogP contribution in [0.15, 0.2) is 22.7 Å². The summed E-state index contributed by atoms with van der Waals surface area (Å²) >= 11 is 3.07. The Bertz CT molecular complexity index is 491. The number of hydrogen-bond acceptors (Lipinski definition) is 4. The van der Waals surface area contributed by atoms with E-state index in [1.807, 2.05) is 13.8 Å². The summed E-state index contributed by atoms with van der Waals surface area (Å²) in [6, 6.07) is 3.86. The standard InChI is InChI=1S/C12H15BrN2O4/c1-7(2)9(6-16)14-12(17)8-4-3-5-10(11(8)13)15(18)19/h3-5,7,9,16H,6H2,1-2H3,(H,14,17)/t9-/m1/s1. The average Bonchev–Trinajstić information content (AvgIpc) is 2.35. The second kappa shape index (κ2) is 6.63. The summed E-state index contributed by atoms with van der Waals surface area (Å²) in [7, 11) is 0. The highest BCUT2D eigenvalue weighted by atomic mass is 79.9. The number of rotatable bonds is 5. The van der Waals surface area contributed by atoms with E-state index in [1.165, 1.54) is 18.2 Å². The molecule has 0 unspecified atom stereocenters. The zero-order chi connectivity index (χ0) is 14.6. The van der Waals surface area contributed by atoms with Crippen molar-refractivity contribution in [2.75, 3.05) is 6.61 Å². The van der Waals surface area contributed by atoms with E-state index >= 15 is 0 Å². The molecule has 0 spiro atoms. The number of aliphatic hydroxyl groups is 1. The van der Waals surface area contributed by atoms with E-state index in [4.69, 9.17) is 5.11 Å². The molecule has 7 heteroatoms. The zero-order valence-electron chi connectivity index (χ0n) is 10.6. The number of nitro benzene ring substituents is 1. The molecular weight excluding hydrogens is 316 g/mol. The van der Waals surface area contributed by atoms with Crippen LogP contribution in [0.4, 0.5) is 5.69 Å². The molecule has 0 saturated heterocycles. The second-order valence-corrected chi connectivity index (χ2v) is 5.20. The van der Waals surface area contributed by atoms with Crippen molar-refractivity contribution >= 4 is 27.5 Å². The van der Waals surface area contributed by atoms with Crippen LogP contribution < -0.4 is 5.32 Å². The van der Waals surface area contributed by atoms with Crippen LogP contribution in [-0.2, 0) is 0 Å². The van der Waals surface area contributed by atoms with Crippen LogP contribution in [0.5, 0.6) is 0 Å². The molecular formula is C12H15BrN2O4. The molecule has 1 rings (SSSR count). The Morgan fingerprint density at radius 3 is 2.63 bits per heavy atom. The lowest BCUT2D eigenvalue weighted by molar-refractivity contribution is -0.385. The quantitative estimate of drug-likeness (QED) is 0.638. The van der Waals surface area contributed by atoms with E-state index in [9.17, 15) is 14.9 Å². The number of nitrogens with zero attached hydrogens (tertiary/aromatic N) is 1. The third-order valence-electron chi connectivity index (χ3n) is 2.74. The fraction of sp³-hybridized carbons (Fsp3) is 0.417. The number of halogens is 1. The van der Waals surface area contributed by atoms with Crippen molar-refractivity contribution in [2.24, 2.45) is 5.92 Å². The minimum absolute atomic E-state index is 0.0615. The zero-order valence-corrected chi connectivity index (χ0v) is 12.2. The van der Waals surface area contributed by atoms with Gasteiger partial charge in [0.25, 0.3) is 11.6 Å². The van der Waals surface area contributed by atoms with Crippen molar-refractivity contribution in [3.63, 3.8) is 0 Å². The largest absolute Gasteiger partial charge is 0.394 e. The van der Waals surface area contributed by atoms with Gasteiger partial charge < -0.3 is 10.4 Å². The van der Waals surface area contributed by atoms with E-state index in [2.05, 4.69) is 21.2 Å². The number of amides is 1. The van der Waals surface area contributed by atoms with Gasteiger partial charge in [-0.3, -0.25) is 14.9 Å². The molecule has 1 amide bonds. The van der Waals surface area contributed by atoms with Crippen molar-refractivity contribution < 1.29 is 14.8 Å². The molecule has 104 valence electrons. The molecule has 0 aliphatic carbocycles. The number of benzene rings is 1. The smallest absolute Gasteiger partial charge is 0.284 e. The number of nitrogens with one attached hydrogen (secondary N) is 1. The summed E-state index contributed by atoms with van der Waals surface area (Å²) in [5, 5.41) is 22.6. The van der Waals surface area contributed by atoms with Gasteiger partial charge in [-0.25, -0.2) is 0 Å². The van der Waals surface area contributed by atoms with Gasteiger partial charge >= 0.3 is 0 Å². The molecule has 0 heterocycles. The van der Waals surface area contributed by atoms with Crippen molar-refractivity contribution in [1.82, 2.24) is 5.32 Å². The molecule has 1 atom stereocenters. The fourth-order valence-corrected chi connectivity index (χ4v) is 2.09. The first-order valence-electron chi connectivity index (χ1n) is 5.73. The first-order valence-corrected chi connectivity index (χ1v) is 6.52. The first kappa shape index (κ1) is 15.6. The normalized spacial score (nSPS) is 12.3. The lowest BCUT2D eigenvalue weighted by Gasteiger charge is -2.20. The van der Waals surface area contributed by atoms with Crippen LogP contribution in [0.2, 0.25) is 0 Å². The molecule has 1 aromatic rings. The molecule has 1 aromatic carbocycles. The Morgan fingerprint density at radius 1 is 1.53 bits per heavy atom. The van der Waals surface area contributed by atoms with Gasteiger partial charge in [-0.15, -0.1) is 0 Å². The Hall–Kier alpha value is -1.47. The van der Waals surface area contributed by atoms with Gasteiger partial charge in [0.1, 0.15) is 4.47 Å². The molecule has 0 radical (unpaired) electrons. The summed E-state index contributed by atoms with van der Waals surface area (Å²) < 4.78 is 0.137. The highest BCUT2D eigenvalue weighted by molar-refractivity contribution is 9.10. The minimum atomic E-state index is -0.563. The summed E-state index contributed by atoms with van der Waals surface area (Å²) in [4.78, 5) is 22.3. The fourth-order valence-electron chi connectivity index (χ4n) is 1.51. The molecule has 6 nitrogen and oxygen atoms in total. The topological polar surface area (TPSA) is 92.5 Å². The summed E-state index contributed by atoms with van der Waals surface area (Å²) in [6.07, 6.45) is 0. The van der Waals surface area contributed by atoms with Gasteiger partial charge in [-0.1, -0.05) is 19.9 Å². The summed E-state index contributed by atoms with van der Waals surface area (Å²) in [5.74, 6) is -0.394. The third-order valence-corrected chi connectivity index (χ3v) is 3.57. The van der Waals surface area contributed by atoms with Crippen LogP contribution in [0.3, 0.4) is 0 Å². The van der Waals surface area contributed by atoms with Crippen LogP contribution >= 0.6 is 15.9 Å². The molecule has 0 aliphatic heterocycles. The SMILES string of the molecule is CC(C)[C@@H](CO)NC(=O)c1cccc([N+](=O)[O-])c1Br. The Balaban J connectivity index is 3.00. The first-order chi connectivity index (χ1) is 8.88. The molecule has 0 aliphatic rings. The maximum atomic E-state index is 12.0. The van der Waals surface area contributed by atoms with E-state index in [1.54, 1.807) is 0 Å². The lowest BCUT2D eigenvalue weighted by Crippen LogP contribution is -2.41. The molecule has 0 saturated carbocycles. The van der Waals surface area contributed by atoms with Crippen molar-refractivity contribution in [2.45, 2.75) is 19.9 Å². The van der Waals surface area contributed by atoms with E-state index in [-0.39, 0.29) is 28.2 Å². The predicted molar refractivity (Wildman–Crippen MR) is 74.0 cm³/mol. The predicted octanol–water partition coefficient (Wildman–Crippen LogP) is 2.10. The number of carbonyl (C=O) groups is 1. The number of aliphatic hydroxyl groups excluding tert-OH is 1. The number of nitro groups is 1. The Morgan fingerprint density at radius 2 is 2.16 bits per heavy atom. The maximum Gasteiger partial charge on any atom is 0.284 e. The minimum Gasteiger partial charge on any atom is -0.394 e. The maximum absolute atomic E-state index is 12.0. The van der Waals surface area contributed by atoms with Gasteiger partial charge in [0.2, 0.25) is 0 Å². The summed E-state index contributed by atoms with van der Waals surface area (Å²) in [5.41, 5.74) is 0.00560. The monoisotopic (exact) mass is 330 g/mol. The van der Waals surface area contributed by atoms with E-state index in [0.29, 0.717) is 0 Å².